The van der Waals surface area contributed by atoms with Gasteiger partial charge >= 0.3 is 0 Å². The Labute approximate surface area is 108 Å². The molecule has 1 aromatic carbocycles. The minimum atomic E-state index is -0.636. The lowest BCUT2D eigenvalue weighted by Gasteiger charge is -2.28. The molecule has 2 nitrogen and oxygen atoms in total. The Morgan fingerprint density at radius 2 is 1.94 bits per heavy atom. The standard InChI is InChI=1S/C15H21FO2/c1-10-3-6-13(7-4-10)18-15-9-12(16)5-8-14(15)11(2)17/h5,8-11,13,17H,3-4,6-7H2,1-2H3/t10?,11-,13?/m0/s1. The van der Waals surface area contributed by atoms with Gasteiger partial charge in [0.25, 0.3) is 0 Å². The van der Waals surface area contributed by atoms with E-state index in [1.807, 2.05) is 0 Å². The average Bonchev–Trinajstić information content (AvgIpc) is 2.32. The normalized spacial score (nSPS) is 25.8. The summed E-state index contributed by atoms with van der Waals surface area (Å²) in [5.41, 5.74) is 0.662. The highest BCUT2D eigenvalue weighted by molar-refractivity contribution is 5.35. The van der Waals surface area contributed by atoms with Gasteiger partial charge in [-0.15, -0.1) is 0 Å². The topological polar surface area (TPSA) is 29.5 Å². The summed E-state index contributed by atoms with van der Waals surface area (Å²) in [7, 11) is 0. The van der Waals surface area contributed by atoms with E-state index < -0.39 is 6.10 Å². The van der Waals surface area contributed by atoms with Crippen molar-refractivity contribution in [3.63, 3.8) is 0 Å². The van der Waals surface area contributed by atoms with Crippen LogP contribution >= 0.6 is 0 Å². The summed E-state index contributed by atoms with van der Waals surface area (Å²) in [6.45, 7) is 3.92. The molecule has 1 fully saturated rings. The van der Waals surface area contributed by atoms with E-state index in [9.17, 15) is 9.50 Å². The Morgan fingerprint density at radius 1 is 1.28 bits per heavy atom. The predicted octanol–water partition coefficient (Wildman–Crippen LogP) is 3.84. The number of halogens is 1. The lowest BCUT2D eigenvalue weighted by molar-refractivity contribution is 0.126. The molecule has 1 aliphatic rings. The molecule has 0 bridgehead atoms. The van der Waals surface area contributed by atoms with Gasteiger partial charge in [0.2, 0.25) is 0 Å². The number of rotatable bonds is 3. The van der Waals surface area contributed by atoms with Gasteiger partial charge in [-0.05, 0) is 50.7 Å². The monoisotopic (exact) mass is 252 g/mol. The molecule has 0 heterocycles. The zero-order valence-corrected chi connectivity index (χ0v) is 11.0. The summed E-state index contributed by atoms with van der Waals surface area (Å²) >= 11 is 0. The van der Waals surface area contributed by atoms with Crippen molar-refractivity contribution in [2.24, 2.45) is 5.92 Å². The van der Waals surface area contributed by atoms with E-state index >= 15 is 0 Å². The largest absolute Gasteiger partial charge is 0.490 e. The molecule has 0 spiro atoms. The minimum Gasteiger partial charge on any atom is -0.490 e. The molecular weight excluding hydrogens is 231 g/mol. The Bertz CT molecular complexity index is 395. The summed E-state index contributed by atoms with van der Waals surface area (Å²) in [5.74, 6) is 0.928. The highest BCUT2D eigenvalue weighted by Crippen LogP contribution is 2.31. The molecule has 18 heavy (non-hydrogen) atoms. The third-order valence-corrected chi connectivity index (χ3v) is 3.68. The number of aliphatic hydroxyl groups excluding tert-OH is 1. The summed E-state index contributed by atoms with van der Waals surface area (Å²) in [6, 6.07) is 4.33. The molecule has 0 aliphatic heterocycles. The predicted molar refractivity (Wildman–Crippen MR) is 69.1 cm³/mol. The first-order valence-corrected chi connectivity index (χ1v) is 6.70. The van der Waals surface area contributed by atoms with E-state index in [0.29, 0.717) is 11.3 Å². The third-order valence-electron chi connectivity index (χ3n) is 3.68. The van der Waals surface area contributed by atoms with E-state index in [4.69, 9.17) is 4.74 Å². The fraction of sp³-hybridized carbons (Fsp3) is 0.600. The van der Waals surface area contributed by atoms with Crippen LogP contribution in [0.1, 0.15) is 51.2 Å². The molecular formula is C15H21FO2. The molecule has 1 aromatic rings. The smallest absolute Gasteiger partial charge is 0.128 e. The molecule has 0 unspecified atom stereocenters. The van der Waals surface area contributed by atoms with Crippen LogP contribution in [0, 0.1) is 11.7 Å². The lowest BCUT2D eigenvalue weighted by Crippen LogP contribution is -2.23. The van der Waals surface area contributed by atoms with Crippen molar-refractivity contribution in [2.75, 3.05) is 0 Å². The molecule has 0 amide bonds. The summed E-state index contributed by atoms with van der Waals surface area (Å²) < 4.78 is 19.1. The second kappa shape index (κ2) is 5.70. The Morgan fingerprint density at radius 3 is 2.56 bits per heavy atom. The SMILES string of the molecule is CC1CCC(Oc2cc(F)ccc2[C@H](C)O)CC1. The van der Waals surface area contributed by atoms with Crippen LogP contribution < -0.4 is 4.74 Å². The van der Waals surface area contributed by atoms with Crippen LogP contribution in [0.15, 0.2) is 18.2 Å². The first-order chi connectivity index (χ1) is 8.56. The molecule has 3 heteroatoms. The maximum atomic E-state index is 13.3. The molecule has 1 N–H and O–H groups in total. The average molecular weight is 252 g/mol. The van der Waals surface area contributed by atoms with Crippen LogP contribution in [0.25, 0.3) is 0 Å². The van der Waals surface area contributed by atoms with Crippen LogP contribution in [0.2, 0.25) is 0 Å². The summed E-state index contributed by atoms with van der Waals surface area (Å²) in [6.07, 6.45) is 3.85. The van der Waals surface area contributed by atoms with E-state index in [0.717, 1.165) is 31.6 Å². The van der Waals surface area contributed by atoms with Gasteiger partial charge in [0.05, 0.1) is 12.2 Å². The van der Waals surface area contributed by atoms with Crippen LogP contribution in [-0.4, -0.2) is 11.2 Å². The second-order valence-electron chi connectivity index (χ2n) is 5.36. The number of aliphatic hydroxyl groups is 1. The van der Waals surface area contributed by atoms with E-state index in [1.165, 1.54) is 12.1 Å². The van der Waals surface area contributed by atoms with Gasteiger partial charge in [0.15, 0.2) is 0 Å². The minimum absolute atomic E-state index is 0.153. The van der Waals surface area contributed by atoms with Crippen LogP contribution in [0.5, 0.6) is 5.75 Å². The van der Waals surface area contributed by atoms with Crippen LogP contribution in [0.3, 0.4) is 0 Å². The zero-order chi connectivity index (χ0) is 13.1. The molecule has 1 saturated carbocycles. The van der Waals surface area contributed by atoms with Crippen molar-refractivity contribution in [1.29, 1.82) is 0 Å². The fourth-order valence-corrected chi connectivity index (χ4v) is 2.48. The van der Waals surface area contributed by atoms with Crippen molar-refractivity contribution in [3.8, 4) is 5.75 Å². The lowest BCUT2D eigenvalue weighted by atomic mass is 9.89. The number of ether oxygens (including phenoxy) is 1. The second-order valence-corrected chi connectivity index (χ2v) is 5.36. The molecule has 0 radical (unpaired) electrons. The highest BCUT2D eigenvalue weighted by atomic mass is 19.1. The third kappa shape index (κ3) is 3.22. The van der Waals surface area contributed by atoms with Crippen molar-refractivity contribution in [3.05, 3.63) is 29.6 Å². The van der Waals surface area contributed by atoms with Crippen LogP contribution in [-0.2, 0) is 0 Å². The summed E-state index contributed by atoms with van der Waals surface area (Å²) in [5, 5.41) is 9.66. The van der Waals surface area contributed by atoms with E-state index in [-0.39, 0.29) is 11.9 Å². The van der Waals surface area contributed by atoms with E-state index in [1.54, 1.807) is 13.0 Å². The maximum absolute atomic E-state index is 13.3. The molecule has 1 atom stereocenters. The number of hydrogen-bond acceptors (Lipinski definition) is 2. The number of benzene rings is 1. The first kappa shape index (κ1) is 13.3. The maximum Gasteiger partial charge on any atom is 0.128 e. The first-order valence-electron chi connectivity index (χ1n) is 6.70. The Kier molecular flexibility index (Phi) is 4.23. The van der Waals surface area contributed by atoms with Gasteiger partial charge in [-0.2, -0.15) is 0 Å². The van der Waals surface area contributed by atoms with Gasteiger partial charge in [0.1, 0.15) is 11.6 Å². The van der Waals surface area contributed by atoms with Crippen molar-refractivity contribution in [2.45, 2.75) is 51.7 Å². The van der Waals surface area contributed by atoms with Crippen LogP contribution in [0.4, 0.5) is 4.39 Å². The summed E-state index contributed by atoms with van der Waals surface area (Å²) in [4.78, 5) is 0. The molecule has 0 saturated heterocycles. The number of hydrogen-bond donors (Lipinski definition) is 1. The van der Waals surface area contributed by atoms with Crippen molar-refractivity contribution in [1.82, 2.24) is 0 Å². The zero-order valence-electron chi connectivity index (χ0n) is 11.0. The highest BCUT2D eigenvalue weighted by Gasteiger charge is 2.21. The Hall–Kier alpha value is -1.09. The van der Waals surface area contributed by atoms with Gasteiger partial charge in [0, 0.05) is 11.6 Å². The fourth-order valence-electron chi connectivity index (χ4n) is 2.48. The molecule has 1 aliphatic carbocycles. The quantitative estimate of drug-likeness (QED) is 0.885. The van der Waals surface area contributed by atoms with Gasteiger partial charge in [-0.3, -0.25) is 0 Å². The van der Waals surface area contributed by atoms with Gasteiger partial charge in [-0.25, -0.2) is 4.39 Å². The van der Waals surface area contributed by atoms with Crippen molar-refractivity contribution >= 4 is 0 Å². The van der Waals surface area contributed by atoms with Gasteiger partial charge in [-0.1, -0.05) is 6.92 Å². The van der Waals surface area contributed by atoms with E-state index in [2.05, 4.69) is 6.92 Å². The Balaban J connectivity index is 2.10. The molecule has 0 aromatic heterocycles. The van der Waals surface area contributed by atoms with Crippen molar-refractivity contribution < 1.29 is 14.2 Å². The van der Waals surface area contributed by atoms with Gasteiger partial charge < -0.3 is 9.84 Å². The molecule has 100 valence electrons. The molecule has 2 rings (SSSR count).